The Labute approximate surface area is 106 Å². The van der Waals surface area contributed by atoms with Gasteiger partial charge < -0.3 is 4.90 Å². The number of hydrogen-bond donors (Lipinski definition) is 1. The Bertz CT molecular complexity index is 479. The molecule has 0 amide bonds. The van der Waals surface area contributed by atoms with E-state index in [2.05, 4.69) is 0 Å². The molecule has 0 atom stereocenters. The van der Waals surface area contributed by atoms with Crippen molar-refractivity contribution in [2.75, 3.05) is 13.1 Å². The van der Waals surface area contributed by atoms with Gasteiger partial charge in [-0.15, -0.1) is 0 Å². The molecule has 2 rings (SSSR count). The maximum atomic E-state index is 10.8. The van der Waals surface area contributed by atoms with E-state index in [-0.39, 0.29) is 5.69 Å². The lowest BCUT2D eigenvalue weighted by molar-refractivity contribution is -0.384. The highest BCUT2D eigenvalue weighted by Gasteiger charge is 2.18. The van der Waals surface area contributed by atoms with Crippen molar-refractivity contribution in [2.45, 2.75) is 26.2 Å². The molecule has 0 bridgehead atoms. The van der Waals surface area contributed by atoms with Crippen LogP contribution < -0.4 is 0 Å². The Balaban J connectivity index is 2.28. The number of amidine groups is 1. The molecule has 0 aliphatic carbocycles. The van der Waals surface area contributed by atoms with E-state index in [0.717, 1.165) is 31.5 Å². The third kappa shape index (κ3) is 2.50. The zero-order valence-corrected chi connectivity index (χ0v) is 10.5. The molecule has 0 radical (unpaired) electrons. The van der Waals surface area contributed by atoms with Crippen molar-refractivity contribution in [1.29, 1.82) is 5.41 Å². The van der Waals surface area contributed by atoms with Crippen LogP contribution in [-0.4, -0.2) is 28.7 Å². The SMILES string of the molecule is Cc1ccc([N+](=O)[O-])cc1C(=N)N1CCCCC1. The second-order valence-electron chi connectivity index (χ2n) is 4.65. The Kier molecular flexibility index (Phi) is 3.60. The number of likely N-dealkylation sites (tertiary alicyclic amines) is 1. The lowest BCUT2D eigenvalue weighted by Gasteiger charge is -2.29. The molecule has 1 aliphatic heterocycles. The Morgan fingerprint density at radius 3 is 2.61 bits per heavy atom. The van der Waals surface area contributed by atoms with Gasteiger partial charge in [0.25, 0.3) is 5.69 Å². The van der Waals surface area contributed by atoms with E-state index in [9.17, 15) is 10.1 Å². The summed E-state index contributed by atoms with van der Waals surface area (Å²) in [5.41, 5.74) is 1.64. The molecule has 1 heterocycles. The van der Waals surface area contributed by atoms with Crippen LogP contribution in [0.4, 0.5) is 5.69 Å². The van der Waals surface area contributed by atoms with Gasteiger partial charge in [0, 0.05) is 30.8 Å². The van der Waals surface area contributed by atoms with Gasteiger partial charge in [0.15, 0.2) is 0 Å². The first-order valence-corrected chi connectivity index (χ1v) is 6.18. The highest BCUT2D eigenvalue weighted by atomic mass is 16.6. The van der Waals surface area contributed by atoms with Gasteiger partial charge in [0.1, 0.15) is 5.84 Å². The first kappa shape index (κ1) is 12.5. The molecule has 1 aliphatic rings. The number of nitrogens with zero attached hydrogens (tertiary/aromatic N) is 2. The number of nitrogens with one attached hydrogen (secondary N) is 1. The van der Waals surface area contributed by atoms with Crippen molar-refractivity contribution < 1.29 is 4.92 Å². The van der Waals surface area contributed by atoms with Crippen LogP contribution in [-0.2, 0) is 0 Å². The summed E-state index contributed by atoms with van der Waals surface area (Å²) in [6.45, 7) is 3.64. The van der Waals surface area contributed by atoms with E-state index in [4.69, 9.17) is 5.41 Å². The normalized spacial score (nSPS) is 15.5. The van der Waals surface area contributed by atoms with Crippen LogP contribution in [0.15, 0.2) is 18.2 Å². The number of nitro benzene ring substituents is 1. The number of hydrogen-bond acceptors (Lipinski definition) is 3. The Morgan fingerprint density at radius 1 is 1.33 bits per heavy atom. The van der Waals surface area contributed by atoms with Gasteiger partial charge in [-0.1, -0.05) is 6.07 Å². The number of nitro groups is 1. The van der Waals surface area contributed by atoms with Crippen molar-refractivity contribution in [3.05, 3.63) is 39.4 Å². The molecule has 18 heavy (non-hydrogen) atoms. The Morgan fingerprint density at radius 2 is 2.00 bits per heavy atom. The van der Waals surface area contributed by atoms with Crippen LogP contribution in [0.25, 0.3) is 0 Å². The van der Waals surface area contributed by atoms with Gasteiger partial charge in [0.05, 0.1) is 4.92 Å². The maximum absolute atomic E-state index is 10.8. The molecule has 0 spiro atoms. The molecule has 1 saturated heterocycles. The van der Waals surface area contributed by atoms with E-state index in [1.165, 1.54) is 18.6 Å². The van der Waals surface area contributed by atoms with Crippen molar-refractivity contribution in [3.63, 3.8) is 0 Å². The number of piperidine rings is 1. The number of non-ortho nitro benzene ring substituents is 1. The summed E-state index contributed by atoms with van der Waals surface area (Å²) in [6.07, 6.45) is 3.39. The fourth-order valence-electron chi connectivity index (χ4n) is 2.27. The van der Waals surface area contributed by atoms with E-state index in [0.29, 0.717) is 11.4 Å². The zero-order valence-electron chi connectivity index (χ0n) is 10.5. The third-order valence-corrected chi connectivity index (χ3v) is 3.36. The first-order chi connectivity index (χ1) is 8.59. The molecule has 1 aromatic carbocycles. The minimum absolute atomic E-state index is 0.0531. The van der Waals surface area contributed by atoms with Crippen LogP contribution in [0.5, 0.6) is 0 Å². The van der Waals surface area contributed by atoms with Crippen LogP contribution >= 0.6 is 0 Å². The maximum Gasteiger partial charge on any atom is 0.270 e. The largest absolute Gasteiger partial charge is 0.357 e. The summed E-state index contributed by atoms with van der Waals surface area (Å²) in [5.74, 6) is 0.413. The smallest absolute Gasteiger partial charge is 0.270 e. The predicted octanol–water partition coefficient (Wildman–Crippen LogP) is 2.71. The molecule has 1 fully saturated rings. The summed E-state index contributed by atoms with van der Waals surface area (Å²) < 4.78 is 0. The average molecular weight is 247 g/mol. The average Bonchev–Trinajstić information content (AvgIpc) is 2.39. The number of rotatable bonds is 2. The minimum atomic E-state index is -0.410. The highest BCUT2D eigenvalue weighted by molar-refractivity contribution is 5.98. The second kappa shape index (κ2) is 5.16. The molecule has 1 N–H and O–H groups in total. The van der Waals surface area contributed by atoms with Gasteiger partial charge in [-0.2, -0.15) is 0 Å². The summed E-state index contributed by atoms with van der Waals surface area (Å²) in [7, 11) is 0. The van der Waals surface area contributed by atoms with E-state index in [1.807, 2.05) is 11.8 Å². The minimum Gasteiger partial charge on any atom is -0.357 e. The molecule has 5 heteroatoms. The summed E-state index contributed by atoms with van der Waals surface area (Å²) in [4.78, 5) is 12.4. The lowest BCUT2D eigenvalue weighted by Crippen LogP contribution is -2.36. The van der Waals surface area contributed by atoms with Gasteiger partial charge in [-0.25, -0.2) is 0 Å². The van der Waals surface area contributed by atoms with Gasteiger partial charge in [0.2, 0.25) is 0 Å². The fraction of sp³-hybridized carbons (Fsp3) is 0.462. The van der Waals surface area contributed by atoms with Gasteiger partial charge in [-0.05, 0) is 31.7 Å². The molecule has 96 valence electrons. The van der Waals surface area contributed by atoms with Gasteiger partial charge >= 0.3 is 0 Å². The van der Waals surface area contributed by atoms with E-state index < -0.39 is 4.92 Å². The molecular formula is C13H17N3O2. The highest BCUT2D eigenvalue weighted by Crippen LogP contribution is 2.20. The quantitative estimate of drug-likeness (QED) is 0.378. The molecule has 0 unspecified atom stereocenters. The summed E-state index contributed by atoms with van der Waals surface area (Å²) in [5, 5.41) is 19.0. The third-order valence-electron chi connectivity index (χ3n) is 3.36. The van der Waals surface area contributed by atoms with Crippen molar-refractivity contribution in [3.8, 4) is 0 Å². The standard InChI is InChI=1S/C13H17N3O2/c1-10-5-6-11(16(17)18)9-12(10)13(14)15-7-3-2-4-8-15/h5-6,9,14H,2-4,7-8H2,1H3. The van der Waals surface area contributed by atoms with E-state index >= 15 is 0 Å². The second-order valence-corrected chi connectivity index (χ2v) is 4.65. The lowest BCUT2D eigenvalue weighted by atomic mass is 10.0. The molecule has 5 nitrogen and oxygen atoms in total. The molecule has 0 saturated carbocycles. The number of aryl methyl sites for hydroxylation is 1. The summed E-state index contributed by atoms with van der Waals surface area (Å²) >= 11 is 0. The Hall–Kier alpha value is -1.91. The fourth-order valence-corrected chi connectivity index (χ4v) is 2.27. The van der Waals surface area contributed by atoms with E-state index in [1.54, 1.807) is 6.07 Å². The van der Waals surface area contributed by atoms with Crippen molar-refractivity contribution >= 4 is 11.5 Å². The molecular weight excluding hydrogens is 230 g/mol. The predicted molar refractivity (Wildman–Crippen MR) is 70.1 cm³/mol. The van der Waals surface area contributed by atoms with Crippen LogP contribution in [0.2, 0.25) is 0 Å². The molecule has 1 aromatic rings. The zero-order chi connectivity index (χ0) is 13.1. The number of benzene rings is 1. The van der Waals surface area contributed by atoms with Crippen LogP contribution in [0, 0.1) is 22.4 Å². The summed E-state index contributed by atoms with van der Waals surface area (Å²) in [6, 6.07) is 4.71. The van der Waals surface area contributed by atoms with Crippen LogP contribution in [0.3, 0.4) is 0 Å². The first-order valence-electron chi connectivity index (χ1n) is 6.18. The van der Waals surface area contributed by atoms with Gasteiger partial charge in [-0.3, -0.25) is 15.5 Å². The van der Waals surface area contributed by atoms with Crippen molar-refractivity contribution in [1.82, 2.24) is 4.90 Å². The van der Waals surface area contributed by atoms with Crippen molar-refractivity contribution in [2.24, 2.45) is 0 Å². The monoisotopic (exact) mass is 247 g/mol. The molecule has 0 aromatic heterocycles. The van der Waals surface area contributed by atoms with Crippen LogP contribution in [0.1, 0.15) is 30.4 Å². The topological polar surface area (TPSA) is 70.2 Å².